The summed E-state index contributed by atoms with van der Waals surface area (Å²) in [5.74, 6) is -0.197. The van der Waals surface area contributed by atoms with Crippen molar-refractivity contribution in [3.63, 3.8) is 0 Å². The standard InChI is InChI=1S/C25H21N5OS2/c26-19-9-8-18(22-7-4-14-32-22)15-20(19)27-25(31)24-11-10-23(33-24)21-16-30(29-28-21)13-12-17-5-2-1-3-6-17/h1-11,14-16H,12-13,26H2,(H,27,31). The van der Waals surface area contributed by atoms with Gasteiger partial charge in [0.05, 0.1) is 27.3 Å². The van der Waals surface area contributed by atoms with Crippen molar-refractivity contribution >= 4 is 40.0 Å². The molecule has 6 nitrogen and oxygen atoms in total. The molecule has 0 atom stereocenters. The van der Waals surface area contributed by atoms with Gasteiger partial charge in [0.2, 0.25) is 0 Å². The number of amides is 1. The van der Waals surface area contributed by atoms with Crippen LogP contribution in [0.25, 0.3) is 21.0 Å². The van der Waals surface area contributed by atoms with E-state index in [0.717, 1.165) is 34.0 Å². The Hall–Kier alpha value is -3.75. The van der Waals surface area contributed by atoms with Crippen molar-refractivity contribution in [2.75, 3.05) is 11.1 Å². The van der Waals surface area contributed by atoms with Crippen molar-refractivity contribution in [1.82, 2.24) is 15.0 Å². The smallest absolute Gasteiger partial charge is 0.265 e. The van der Waals surface area contributed by atoms with E-state index in [1.54, 1.807) is 17.4 Å². The molecule has 0 spiro atoms. The lowest BCUT2D eigenvalue weighted by Gasteiger charge is -2.09. The maximum atomic E-state index is 12.9. The first-order valence-electron chi connectivity index (χ1n) is 10.4. The number of hydrogen-bond acceptors (Lipinski definition) is 6. The van der Waals surface area contributed by atoms with Crippen LogP contribution in [0.5, 0.6) is 0 Å². The average molecular weight is 472 g/mol. The maximum Gasteiger partial charge on any atom is 0.265 e. The van der Waals surface area contributed by atoms with Crippen LogP contribution in [0.3, 0.4) is 0 Å². The van der Waals surface area contributed by atoms with Crippen molar-refractivity contribution < 1.29 is 4.79 Å². The largest absolute Gasteiger partial charge is 0.397 e. The van der Waals surface area contributed by atoms with Crippen LogP contribution in [0.15, 0.2) is 84.4 Å². The molecule has 0 unspecified atom stereocenters. The molecule has 0 radical (unpaired) electrons. The Morgan fingerprint density at radius 1 is 1.00 bits per heavy atom. The number of carbonyl (C=O) groups is 1. The Kier molecular flexibility index (Phi) is 6.01. The highest BCUT2D eigenvalue weighted by Crippen LogP contribution is 2.31. The van der Waals surface area contributed by atoms with Crippen LogP contribution in [0, 0.1) is 0 Å². The monoisotopic (exact) mass is 471 g/mol. The number of nitrogens with zero attached hydrogens (tertiary/aromatic N) is 3. The predicted octanol–water partition coefficient (Wildman–Crippen LogP) is 5.81. The summed E-state index contributed by atoms with van der Waals surface area (Å²) >= 11 is 3.03. The molecule has 3 heterocycles. The second kappa shape index (κ2) is 9.40. The molecule has 0 aliphatic carbocycles. The van der Waals surface area contributed by atoms with E-state index in [1.165, 1.54) is 16.9 Å². The molecule has 1 amide bonds. The van der Waals surface area contributed by atoms with Crippen LogP contribution in [0.2, 0.25) is 0 Å². The number of nitrogens with one attached hydrogen (secondary N) is 1. The molecule has 2 aromatic carbocycles. The topological polar surface area (TPSA) is 85.8 Å². The summed E-state index contributed by atoms with van der Waals surface area (Å²) in [7, 11) is 0. The lowest BCUT2D eigenvalue weighted by molar-refractivity contribution is 0.103. The molecule has 0 saturated carbocycles. The van der Waals surface area contributed by atoms with Gasteiger partial charge in [-0.05, 0) is 53.3 Å². The Balaban J connectivity index is 1.27. The average Bonchev–Trinajstić information content (AvgIpc) is 3.61. The van der Waals surface area contributed by atoms with Gasteiger partial charge in [0.1, 0.15) is 5.69 Å². The van der Waals surface area contributed by atoms with E-state index in [0.29, 0.717) is 16.3 Å². The van der Waals surface area contributed by atoms with Crippen LogP contribution >= 0.6 is 22.7 Å². The van der Waals surface area contributed by atoms with Crippen molar-refractivity contribution in [1.29, 1.82) is 0 Å². The molecule has 5 rings (SSSR count). The summed E-state index contributed by atoms with van der Waals surface area (Å²) in [6.45, 7) is 0.746. The van der Waals surface area contributed by atoms with E-state index in [2.05, 4.69) is 27.8 Å². The number of rotatable bonds is 7. The minimum Gasteiger partial charge on any atom is -0.397 e. The highest BCUT2D eigenvalue weighted by Gasteiger charge is 2.14. The summed E-state index contributed by atoms with van der Waals surface area (Å²) < 4.78 is 1.83. The third-order valence-electron chi connectivity index (χ3n) is 5.20. The van der Waals surface area contributed by atoms with Gasteiger partial charge in [-0.2, -0.15) is 0 Å². The fourth-order valence-electron chi connectivity index (χ4n) is 3.45. The van der Waals surface area contributed by atoms with Crippen LogP contribution in [0.4, 0.5) is 11.4 Å². The van der Waals surface area contributed by atoms with E-state index >= 15 is 0 Å². The molecular weight excluding hydrogens is 450 g/mol. The Labute approximate surface area is 199 Å². The zero-order valence-corrected chi connectivity index (χ0v) is 19.3. The quantitative estimate of drug-likeness (QED) is 0.293. The van der Waals surface area contributed by atoms with Crippen LogP contribution in [0.1, 0.15) is 15.2 Å². The highest BCUT2D eigenvalue weighted by atomic mass is 32.1. The number of aryl methyl sites for hydroxylation is 2. The van der Waals surface area contributed by atoms with Gasteiger partial charge in [0, 0.05) is 11.4 Å². The van der Waals surface area contributed by atoms with E-state index in [-0.39, 0.29) is 5.91 Å². The van der Waals surface area contributed by atoms with Crippen LogP contribution < -0.4 is 11.1 Å². The van der Waals surface area contributed by atoms with Gasteiger partial charge in [-0.15, -0.1) is 27.8 Å². The molecule has 164 valence electrons. The van der Waals surface area contributed by atoms with Gasteiger partial charge in [-0.3, -0.25) is 9.48 Å². The third kappa shape index (κ3) is 4.87. The normalized spacial score (nSPS) is 10.9. The number of aromatic nitrogens is 3. The number of thiophene rings is 2. The predicted molar refractivity (Wildman–Crippen MR) is 136 cm³/mol. The van der Waals surface area contributed by atoms with Crippen LogP contribution in [-0.4, -0.2) is 20.9 Å². The van der Waals surface area contributed by atoms with Crippen molar-refractivity contribution in [3.05, 3.63) is 94.8 Å². The van der Waals surface area contributed by atoms with E-state index in [4.69, 9.17) is 5.73 Å². The van der Waals surface area contributed by atoms with Gasteiger partial charge >= 0.3 is 0 Å². The summed E-state index contributed by atoms with van der Waals surface area (Å²) in [5.41, 5.74) is 10.3. The molecule has 3 aromatic heterocycles. The first-order chi connectivity index (χ1) is 16.2. The summed E-state index contributed by atoms with van der Waals surface area (Å²) in [6, 6.07) is 23.7. The number of benzene rings is 2. The number of nitrogens with two attached hydrogens (primary N) is 1. The molecule has 0 aliphatic heterocycles. The molecule has 0 bridgehead atoms. The Morgan fingerprint density at radius 2 is 1.88 bits per heavy atom. The van der Waals surface area contributed by atoms with Gasteiger partial charge in [0.25, 0.3) is 5.91 Å². The Morgan fingerprint density at radius 3 is 2.70 bits per heavy atom. The van der Waals surface area contributed by atoms with Gasteiger partial charge in [0.15, 0.2) is 0 Å². The number of carbonyl (C=O) groups excluding carboxylic acids is 1. The molecule has 0 saturated heterocycles. The minimum absolute atomic E-state index is 0.197. The minimum atomic E-state index is -0.197. The second-order valence-electron chi connectivity index (χ2n) is 7.50. The van der Waals surface area contributed by atoms with Crippen LogP contribution in [-0.2, 0) is 13.0 Å². The summed E-state index contributed by atoms with van der Waals surface area (Å²) in [6.07, 6.45) is 2.80. The second-order valence-corrected chi connectivity index (χ2v) is 9.53. The number of hydrogen-bond donors (Lipinski definition) is 2. The molecule has 3 N–H and O–H groups in total. The van der Waals surface area contributed by atoms with Crippen molar-refractivity contribution in [3.8, 4) is 21.0 Å². The van der Waals surface area contributed by atoms with E-state index in [9.17, 15) is 4.79 Å². The zero-order valence-electron chi connectivity index (χ0n) is 17.6. The third-order valence-corrected chi connectivity index (χ3v) is 7.23. The molecular formula is C25H21N5OS2. The van der Waals surface area contributed by atoms with E-state index < -0.39 is 0 Å². The molecule has 5 aromatic rings. The molecule has 8 heteroatoms. The number of anilines is 2. The van der Waals surface area contributed by atoms with Gasteiger partial charge in [-0.25, -0.2) is 0 Å². The molecule has 0 aliphatic rings. The maximum absolute atomic E-state index is 12.9. The van der Waals surface area contributed by atoms with Crippen molar-refractivity contribution in [2.45, 2.75) is 13.0 Å². The van der Waals surface area contributed by atoms with E-state index in [1.807, 2.05) is 70.9 Å². The lowest BCUT2D eigenvalue weighted by atomic mass is 10.1. The zero-order chi connectivity index (χ0) is 22.6. The van der Waals surface area contributed by atoms with Gasteiger partial charge in [-0.1, -0.05) is 47.7 Å². The molecule has 33 heavy (non-hydrogen) atoms. The Bertz CT molecular complexity index is 1370. The lowest BCUT2D eigenvalue weighted by Crippen LogP contribution is -2.11. The van der Waals surface area contributed by atoms with Crippen molar-refractivity contribution in [2.24, 2.45) is 0 Å². The number of nitrogen functional groups attached to an aromatic ring is 1. The summed E-state index contributed by atoms with van der Waals surface area (Å²) in [4.78, 5) is 15.5. The van der Waals surface area contributed by atoms with Gasteiger partial charge < -0.3 is 11.1 Å². The fourth-order valence-corrected chi connectivity index (χ4v) is 5.03. The SMILES string of the molecule is Nc1ccc(-c2cccs2)cc1NC(=O)c1ccc(-c2cn(CCc3ccccc3)nn2)s1. The summed E-state index contributed by atoms with van der Waals surface area (Å²) in [5, 5.41) is 13.5. The first-order valence-corrected chi connectivity index (χ1v) is 12.1. The fraction of sp³-hybridized carbons (Fsp3) is 0.0800. The highest BCUT2D eigenvalue weighted by molar-refractivity contribution is 7.17. The molecule has 0 fully saturated rings. The first kappa shape index (κ1) is 21.1.